The molecule has 1 aromatic heterocycles. The van der Waals surface area contributed by atoms with Crippen LogP contribution in [0.25, 0.3) is 0 Å². The number of fused-ring (bicyclic) bond motifs is 1. The molecule has 2 aromatic rings. The van der Waals surface area contributed by atoms with E-state index in [2.05, 4.69) is 10.4 Å². The zero-order valence-electron chi connectivity index (χ0n) is 14.9. The first-order chi connectivity index (χ1) is 11.8. The zero-order chi connectivity index (χ0) is 18.2. The first kappa shape index (κ1) is 17.2. The topological polar surface area (TPSA) is 73.2 Å². The molecule has 25 heavy (non-hydrogen) atoms. The number of nitrogens with one attached hydrogen (secondary N) is 1. The summed E-state index contributed by atoms with van der Waals surface area (Å²) in [5.41, 5.74) is 2.08. The van der Waals surface area contributed by atoms with E-state index >= 15 is 0 Å². The number of carbonyl (C=O) groups excluding carboxylic acids is 2. The summed E-state index contributed by atoms with van der Waals surface area (Å²) in [6, 6.07) is 7.00. The Bertz CT molecular complexity index is 804. The molecule has 2 atom stereocenters. The first-order valence-corrected chi connectivity index (χ1v) is 8.33. The lowest BCUT2D eigenvalue weighted by Gasteiger charge is -2.33. The standard InChI is InChI=1S/C19H23N3O3/c1-19(2,3)16(13-10-20-22(4)11-13)21-17(23)15-9-12-7-5-6-8-14(12)18(24)25-15/h5-8,10-11,15-16H,9H2,1-4H3,(H,21,23). The number of nitrogens with zero attached hydrogens (tertiary/aromatic N) is 2. The highest BCUT2D eigenvalue weighted by Crippen LogP contribution is 2.33. The largest absolute Gasteiger partial charge is 0.448 e. The molecule has 1 amide bonds. The molecule has 0 saturated carbocycles. The number of cyclic esters (lactones) is 1. The van der Waals surface area contributed by atoms with E-state index in [-0.39, 0.29) is 17.4 Å². The number of rotatable bonds is 3. The third-order valence-corrected chi connectivity index (χ3v) is 4.40. The van der Waals surface area contributed by atoms with Crippen molar-refractivity contribution in [1.29, 1.82) is 0 Å². The zero-order valence-corrected chi connectivity index (χ0v) is 14.9. The highest BCUT2D eigenvalue weighted by atomic mass is 16.5. The van der Waals surface area contributed by atoms with Gasteiger partial charge in [0.2, 0.25) is 0 Å². The summed E-state index contributed by atoms with van der Waals surface area (Å²) in [6.45, 7) is 6.15. The molecule has 0 spiro atoms. The summed E-state index contributed by atoms with van der Waals surface area (Å²) in [5.74, 6) is -0.734. The van der Waals surface area contributed by atoms with E-state index in [0.29, 0.717) is 12.0 Å². The van der Waals surface area contributed by atoms with E-state index in [0.717, 1.165) is 11.1 Å². The van der Waals surface area contributed by atoms with Crippen LogP contribution < -0.4 is 5.32 Å². The van der Waals surface area contributed by atoms with Gasteiger partial charge in [-0.15, -0.1) is 0 Å². The van der Waals surface area contributed by atoms with Gasteiger partial charge in [0.15, 0.2) is 6.10 Å². The smallest absolute Gasteiger partial charge is 0.339 e. The number of aryl methyl sites for hydroxylation is 1. The summed E-state index contributed by atoms with van der Waals surface area (Å²) in [6.07, 6.45) is 3.21. The van der Waals surface area contributed by atoms with E-state index in [4.69, 9.17) is 4.74 Å². The molecule has 0 radical (unpaired) electrons. The van der Waals surface area contributed by atoms with E-state index < -0.39 is 12.1 Å². The van der Waals surface area contributed by atoms with Crippen molar-refractivity contribution in [3.05, 3.63) is 53.3 Å². The number of benzene rings is 1. The molecule has 2 heterocycles. The fraction of sp³-hybridized carbons (Fsp3) is 0.421. The lowest BCUT2D eigenvalue weighted by Crippen LogP contribution is -2.45. The second kappa shape index (κ2) is 6.35. The Morgan fingerprint density at radius 1 is 1.36 bits per heavy atom. The maximum atomic E-state index is 12.8. The lowest BCUT2D eigenvalue weighted by atomic mass is 9.83. The van der Waals surface area contributed by atoms with Gasteiger partial charge < -0.3 is 10.1 Å². The Hall–Kier alpha value is -2.63. The van der Waals surface area contributed by atoms with Crippen molar-refractivity contribution in [2.75, 3.05) is 0 Å². The van der Waals surface area contributed by atoms with E-state index in [9.17, 15) is 9.59 Å². The molecule has 0 fully saturated rings. The monoisotopic (exact) mass is 341 g/mol. The number of ether oxygens (including phenoxy) is 1. The number of hydrogen-bond acceptors (Lipinski definition) is 4. The molecule has 1 aromatic carbocycles. The van der Waals surface area contributed by atoms with Crippen LogP contribution in [0.3, 0.4) is 0 Å². The SMILES string of the molecule is Cn1cc(C(NC(=O)C2Cc3ccccc3C(=O)O2)C(C)(C)C)cn1. The molecule has 0 aliphatic carbocycles. The van der Waals surface area contributed by atoms with Crippen LogP contribution in [0.5, 0.6) is 0 Å². The molecule has 1 N–H and O–H groups in total. The highest BCUT2D eigenvalue weighted by Gasteiger charge is 2.35. The predicted molar refractivity (Wildman–Crippen MR) is 92.9 cm³/mol. The Labute approximate surface area is 147 Å². The van der Waals surface area contributed by atoms with Gasteiger partial charge in [-0.25, -0.2) is 4.79 Å². The van der Waals surface area contributed by atoms with Crippen molar-refractivity contribution in [2.45, 2.75) is 39.3 Å². The molecule has 6 nitrogen and oxygen atoms in total. The van der Waals surface area contributed by atoms with Crippen LogP contribution in [-0.2, 0) is 23.0 Å². The summed E-state index contributed by atoms with van der Waals surface area (Å²) < 4.78 is 7.06. The van der Waals surface area contributed by atoms with Gasteiger partial charge in [0.1, 0.15) is 0 Å². The molecule has 2 unspecified atom stereocenters. The highest BCUT2D eigenvalue weighted by molar-refractivity contribution is 5.95. The third-order valence-electron chi connectivity index (χ3n) is 4.40. The summed E-state index contributed by atoms with van der Waals surface area (Å²) in [5, 5.41) is 7.23. The van der Waals surface area contributed by atoms with Gasteiger partial charge >= 0.3 is 5.97 Å². The minimum atomic E-state index is -0.816. The van der Waals surface area contributed by atoms with Crippen LogP contribution in [0.15, 0.2) is 36.7 Å². The number of esters is 1. The van der Waals surface area contributed by atoms with Gasteiger partial charge in [-0.1, -0.05) is 39.0 Å². The normalized spacial score (nSPS) is 18.2. The average Bonchev–Trinajstić information content (AvgIpc) is 2.97. The molecule has 1 aliphatic heterocycles. The molecule has 0 bridgehead atoms. The number of amides is 1. The number of aromatic nitrogens is 2. The van der Waals surface area contributed by atoms with E-state index in [1.165, 1.54) is 0 Å². The summed E-state index contributed by atoms with van der Waals surface area (Å²) in [4.78, 5) is 24.9. The molecule has 132 valence electrons. The van der Waals surface area contributed by atoms with Gasteiger partial charge in [0.05, 0.1) is 17.8 Å². The Morgan fingerprint density at radius 2 is 2.08 bits per heavy atom. The third kappa shape index (κ3) is 3.57. The van der Waals surface area contributed by atoms with Gasteiger partial charge in [-0.2, -0.15) is 5.10 Å². The Kier molecular flexibility index (Phi) is 4.37. The van der Waals surface area contributed by atoms with Crippen LogP contribution in [0, 0.1) is 5.41 Å². The molecular formula is C19H23N3O3. The maximum Gasteiger partial charge on any atom is 0.339 e. The Morgan fingerprint density at radius 3 is 2.72 bits per heavy atom. The van der Waals surface area contributed by atoms with Crippen LogP contribution in [0.2, 0.25) is 0 Å². The van der Waals surface area contributed by atoms with Gasteiger partial charge in [-0.3, -0.25) is 9.48 Å². The minimum Gasteiger partial charge on any atom is -0.448 e. The quantitative estimate of drug-likeness (QED) is 0.870. The van der Waals surface area contributed by atoms with Crippen LogP contribution >= 0.6 is 0 Å². The molecule has 6 heteroatoms. The molecular weight excluding hydrogens is 318 g/mol. The molecule has 1 aliphatic rings. The van der Waals surface area contributed by atoms with Crippen molar-refractivity contribution in [1.82, 2.24) is 15.1 Å². The van der Waals surface area contributed by atoms with Crippen molar-refractivity contribution in [2.24, 2.45) is 12.5 Å². The van der Waals surface area contributed by atoms with E-state index in [1.54, 1.807) is 23.0 Å². The number of hydrogen-bond donors (Lipinski definition) is 1. The van der Waals surface area contributed by atoms with Crippen LogP contribution in [-0.4, -0.2) is 27.8 Å². The number of carbonyl (C=O) groups is 2. The van der Waals surface area contributed by atoms with Gasteiger partial charge in [-0.05, 0) is 17.0 Å². The Balaban J connectivity index is 1.80. The summed E-state index contributed by atoms with van der Waals surface area (Å²) >= 11 is 0. The summed E-state index contributed by atoms with van der Waals surface area (Å²) in [7, 11) is 1.84. The van der Waals surface area contributed by atoms with Crippen molar-refractivity contribution < 1.29 is 14.3 Å². The van der Waals surface area contributed by atoms with Gasteiger partial charge in [0, 0.05) is 25.2 Å². The van der Waals surface area contributed by atoms with Crippen molar-refractivity contribution in [3.8, 4) is 0 Å². The average molecular weight is 341 g/mol. The lowest BCUT2D eigenvalue weighted by molar-refractivity contribution is -0.131. The van der Waals surface area contributed by atoms with Crippen LogP contribution in [0.4, 0.5) is 0 Å². The maximum absolute atomic E-state index is 12.8. The molecule has 0 saturated heterocycles. The van der Waals surface area contributed by atoms with Gasteiger partial charge in [0.25, 0.3) is 5.91 Å². The first-order valence-electron chi connectivity index (χ1n) is 8.33. The predicted octanol–water partition coefficient (Wildman–Crippen LogP) is 2.41. The van der Waals surface area contributed by atoms with Crippen molar-refractivity contribution in [3.63, 3.8) is 0 Å². The molecule has 3 rings (SSSR count). The fourth-order valence-corrected chi connectivity index (χ4v) is 3.10. The van der Waals surface area contributed by atoms with Crippen LogP contribution in [0.1, 0.15) is 48.3 Å². The fourth-order valence-electron chi connectivity index (χ4n) is 3.10. The minimum absolute atomic E-state index is 0.213. The van der Waals surface area contributed by atoms with E-state index in [1.807, 2.05) is 46.1 Å². The van der Waals surface area contributed by atoms with Crippen molar-refractivity contribution >= 4 is 11.9 Å². The second-order valence-electron chi connectivity index (χ2n) is 7.51. The second-order valence-corrected chi connectivity index (χ2v) is 7.51.